The van der Waals surface area contributed by atoms with Crippen LogP contribution < -0.4 is 0 Å². The molecule has 0 aromatic heterocycles. The van der Waals surface area contributed by atoms with Crippen LogP contribution in [0.5, 0.6) is 0 Å². The zero-order chi connectivity index (χ0) is 9.28. The molecule has 0 aromatic carbocycles. The maximum Gasteiger partial charge on any atom is 0.219 e. The third kappa shape index (κ3) is 16.6. The maximum atomic E-state index is 10.3. The fraction of sp³-hybridized carbons (Fsp3) is 0.750. The van der Waals surface area contributed by atoms with Crippen molar-refractivity contribution < 1.29 is 31.0 Å². The number of carbonyl (C=O) groups excluding carboxylic acids is 1. The maximum absolute atomic E-state index is 10.3. The van der Waals surface area contributed by atoms with Gasteiger partial charge in [0.2, 0.25) is 5.91 Å². The number of amides is 1. The number of rotatable bonds is 2. The third-order valence-corrected chi connectivity index (χ3v) is 0.973. The quantitative estimate of drug-likeness (QED) is 0.749. The number of aliphatic hydroxyl groups is 1. The second-order valence-corrected chi connectivity index (χ2v) is 2.24. The van der Waals surface area contributed by atoms with Gasteiger partial charge in [-0.2, -0.15) is 13.8 Å². The Morgan fingerprint density at radius 2 is 1.83 bits per heavy atom. The van der Waals surface area contributed by atoms with E-state index in [9.17, 15) is 4.79 Å². The Morgan fingerprint density at radius 3 is 1.92 bits per heavy atom. The van der Waals surface area contributed by atoms with Crippen LogP contribution in [0.1, 0.15) is 20.8 Å². The average Bonchev–Trinajstić information content (AvgIpc) is 1.90. The van der Waals surface area contributed by atoms with Crippen molar-refractivity contribution in [2.24, 2.45) is 0 Å². The first-order valence-corrected chi connectivity index (χ1v) is 3.66. The van der Waals surface area contributed by atoms with Crippen molar-refractivity contribution in [1.29, 1.82) is 0 Å². The molecule has 0 aliphatic heterocycles. The van der Waals surface area contributed by atoms with E-state index in [2.05, 4.69) is 0 Å². The molecule has 0 bridgehead atoms. The van der Waals surface area contributed by atoms with Crippen molar-refractivity contribution in [3.05, 3.63) is 6.42 Å². The summed E-state index contributed by atoms with van der Waals surface area (Å²) in [6.07, 6.45) is 2.00. The van der Waals surface area contributed by atoms with E-state index in [4.69, 9.17) is 5.11 Å². The zero-order valence-corrected chi connectivity index (χ0v) is 11.1. The number of carbonyl (C=O) groups is 1. The molecule has 3 nitrogen and oxygen atoms in total. The predicted molar refractivity (Wildman–Crippen MR) is 46.0 cm³/mol. The summed E-state index contributed by atoms with van der Waals surface area (Å²) in [7, 11) is 1.65. The average molecular weight is 344 g/mol. The van der Waals surface area contributed by atoms with Crippen molar-refractivity contribution in [2.75, 3.05) is 20.2 Å². The van der Waals surface area contributed by atoms with Crippen LogP contribution in [0.2, 0.25) is 0 Å². The number of nitrogens with zero attached hydrogens (tertiary/aromatic N) is 1. The van der Waals surface area contributed by atoms with Gasteiger partial charge < -0.3 is 16.4 Å². The van der Waals surface area contributed by atoms with Crippen LogP contribution in [0.25, 0.3) is 0 Å². The normalized spacial score (nSPS) is 7.42. The topological polar surface area (TPSA) is 40.5 Å². The summed E-state index contributed by atoms with van der Waals surface area (Å²) in [5, 5.41) is 8.29. The van der Waals surface area contributed by atoms with Gasteiger partial charge in [-0.05, 0) is 0 Å². The van der Waals surface area contributed by atoms with E-state index >= 15 is 0 Å². The van der Waals surface area contributed by atoms with Crippen LogP contribution in [0, 0.1) is 6.42 Å². The van der Waals surface area contributed by atoms with E-state index in [0.717, 1.165) is 0 Å². The van der Waals surface area contributed by atoms with Gasteiger partial charge in [-0.1, -0.05) is 0 Å². The largest absolute Gasteiger partial charge is 0.395 e. The molecular formula is C8H18NO2W-. The second-order valence-electron chi connectivity index (χ2n) is 2.24. The van der Waals surface area contributed by atoms with E-state index in [1.54, 1.807) is 7.05 Å². The van der Waals surface area contributed by atoms with Crippen LogP contribution in [-0.2, 0) is 25.9 Å². The molecule has 0 heterocycles. The number of hydrogen-bond donors (Lipinski definition) is 1. The molecule has 0 aliphatic rings. The SMILES string of the molecule is CC(=O)N(C)CCO.C[CH-]C.[W]. The van der Waals surface area contributed by atoms with Gasteiger partial charge in [-0.3, -0.25) is 4.79 Å². The van der Waals surface area contributed by atoms with Gasteiger partial charge in [-0.25, -0.2) is 0 Å². The van der Waals surface area contributed by atoms with E-state index in [1.807, 2.05) is 20.3 Å². The van der Waals surface area contributed by atoms with Gasteiger partial charge in [0.1, 0.15) is 0 Å². The van der Waals surface area contributed by atoms with Crippen LogP contribution in [0.15, 0.2) is 0 Å². The molecule has 0 saturated heterocycles. The van der Waals surface area contributed by atoms with Crippen molar-refractivity contribution >= 4 is 5.91 Å². The van der Waals surface area contributed by atoms with Crippen molar-refractivity contribution in [3.8, 4) is 0 Å². The molecule has 0 spiro atoms. The smallest absolute Gasteiger partial charge is 0.219 e. The van der Waals surface area contributed by atoms with Crippen LogP contribution in [-0.4, -0.2) is 36.1 Å². The fourth-order valence-electron chi connectivity index (χ4n) is 0.307. The van der Waals surface area contributed by atoms with Crippen LogP contribution in [0.3, 0.4) is 0 Å². The molecular weight excluding hydrogens is 326 g/mol. The first-order valence-electron chi connectivity index (χ1n) is 3.66. The molecule has 0 rings (SSSR count). The summed E-state index contributed by atoms with van der Waals surface area (Å²) in [5.41, 5.74) is 0. The monoisotopic (exact) mass is 344 g/mol. The van der Waals surface area contributed by atoms with Gasteiger partial charge in [0.15, 0.2) is 0 Å². The standard InChI is InChI=1S/C5H11NO2.C3H7.W/c1-5(8)6(2)3-4-7;1-3-2;/h7H,3-4H2,1-2H3;3H,1-2H3;/q;-1;. The summed E-state index contributed by atoms with van der Waals surface area (Å²) in [4.78, 5) is 11.8. The first-order chi connectivity index (χ1) is 5.09. The number of hydrogen-bond acceptors (Lipinski definition) is 2. The molecule has 4 heteroatoms. The molecule has 0 aliphatic carbocycles. The number of aliphatic hydroxyl groups excluding tert-OH is 1. The Bertz CT molecular complexity index is 99.1. The minimum absolute atomic E-state index is 0. The molecule has 0 aromatic rings. The Kier molecular flexibility index (Phi) is 20.6. The molecule has 1 N–H and O–H groups in total. The van der Waals surface area contributed by atoms with Gasteiger partial charge in [0.25, 0.3) is 0 Å². The van der Waals surface area contributed by atoms with E-state index < -0.39 is 0 Å². The zero-order valence-electron chi connectivity index (χ0n) is 8.20. The summed E-state index contributed by atoms with van der Waals surface area (Å²) in [6, 6.07) is 0. The van der Waals surface area contributed by atoms with Crippen molar-refractivity contribution in [2.45, 2.75) is 20.8 Å². The Labute approximate surface area is 89.4 Å². The van der Waals surface area contributed by atoms with E-state index in [0.29, 0.717) is 6.54 Å². The second kappa shape index (κ2) is 13.7. The molecule has 0 fully saturated rings. The van der Waals surface area contributed by atoms with Gasteiger partial charge in [0, 0.05) is 41.6 Å². The summed E-state index contributed by atoms with van der Waals surface area (Å²) in [5.74, 6) is -0.0148. The van der Waals surface area contributed by atoms with Crippen LogP contribution >= 0.6 is 0 Å². The Morgan fingerprint density at radius 1 is 1.50 bits per heavy atom. The van der Waals surface area contributed by atoms with Gasteiger partial charge in [-0.15, -0.1) is 0 Å². The third-order valence-electron chi connectivity index (χ3n) is 0.973. The predicted octanol–water partition coefficient (Wildman–Crippen LogP) is 0.685. The molecule has 0 saturated carbocycles. The summed E-state index contributed by atoms with van der Waals surface area (Å²) < 4.78 is 0. The van der Waals surface area contributed by atoms with E-state index in [1.165, 1.54) is 11.8 Å². The number of likely N-dealkylation sites (N-methyl/N-ethyl adjacent to an activating group) is 1. The Hall–Kier alpha value is 0.118. The Balaban J connectivity index is -0.000000177. The van der Waals surface area contributed by atoms with E-state index in [-0.39, 0.29) is 33.6 Å². The van der Waals surface area contributed by atoms with Crippen molar-refractivity contribution in [3.63, 3.8) is 0 Å². The van der Waals surface area contributed by atoms with Gasteiger partial charge in [0.05, 0.1) is 6.61 Å². The summed E-state index contributed by atoms with van der Waals surface area (Å²) in [6.45, 7) is 5.93. The summed E-state index contributed by atoms with van der Waals surface area (Å²) >= 11 is 0. The molecule has 1 amide bonds. The molecule has 12 heavy (non-hydrogen) atoms. The molecule has 0 unspecified atom stereocenters. The minimum Gasteiger partial charge on any atom is -0.395 e. The minimum atomic E-state index is -0.0148. The fourth-order valence-corrected chi connectivity index (χ4v) is 0.307. The molecule has 0 radical (unpaired) electrons. The molecule has 74 valence electrons. The van der Waals surface area contributed by atoms with Crippen molar-refractivity contribution in [1.82, 2.24) is 4.90 Å². The molecule has 0 atom stereocenters. The first kappa shape index (κ1) is 18.0. The van der Waals surface area contributed by atoms with Gasteiger partial charge >= 0.3 is 0 Å². The van der Waals surface area contributed by atoms with Crippen LogP contribution in [0.4, 0.5) is 0 Å².